The molecule has 1 amide bonds. The Morgan fingerprint density at radius 1 is 1.17 bits per heavy atom. The molecule has 0 aliphatic rings. The standard InChI is InChI=1S/C21H18ClN3O4S/c1-12-16(10-14-4-2-3-5-17(14)22)19(27)25-21(23-12)30-11-18(26)24-15-8-6-13(7-9-15)20(28)29/h2-9H,10-11H2,1H3,(H,24,26)(H,28,29)(H,23,25,27). The molecule has 3 aromatic rings. The Morgan fingerprint density at radius 3 is 2.50 bits per heavy atom. The normalized spacial score (nSPS) is 10.6. The van der Waals surface area contributed by atoms with Crippen LogP contribution in [0, 0.1) is 6.92 Å². The first-order valence-electron chi connectivity index (χ1n) is 8.92. The van der Waals surface area contributed by atoms with Crippen LogP contribution < -0.4 is 10.9 Å². The van der Waals surface area contributed by atoms with Gasteiger partial charge in [-0.05, 0) is 42.8 Å². The maximum absolute atomic E-state index is 12.5. The third-order valence-corrected chi connectivity index (χ3v) is 5.52. The molecular formula is C21H18ClN3O4S. The molecule has 0 bridgehead atoms. The Balaban J connectivity index is 1.63. The number of benzene rings is 2. The number of carbonyl (C=O) groups excluding carboxylic acids is 1. The molecule has 154 valence electrons. The van der Waals surface area contributed by atoms with Crippen molar-refractivity contribution < 1.29 is 14.7 Å². The van der Waals surface area contributed by atoms with Gasteiger partial charge in [0.05, 0.1) is 11.3 Å². The van der Waals surface area contributed by atoms with Crippen LogP contribution >= 0.6 is 23.4 Å². The molecule has 0 saturated heterocycles. The van der Waals surface area contributed by atoms with Crippen LogP contribution in [-0.2, 0) is 11.2 Å². The van der Waals surface area contributed by atoms with E-state index < -0.39 is 5.97 Å². The molecule has 0 fully saturated rings. The average molecular weight is 444 g/mol. The van der Waals surface area contributed by atoms with Gasteiger partial charge in [0.2, 0.25) is 5.91 Å². The van der Waals surface area contributed by atoms with E-state index in [9.17, 15) is 14.4 Å². The van der Waals surface area contributed by atoms with Crippen LogP contribution in [0.5, 0.6) is 0 Å². The number of rotatable bonds is 7. The van der Waals surface area contributed by atoms with Crippen molar-refractivity contribution in [1.29, 1.82) is 0 Å². The number of nitrogens with one attached hydrogen (secondary N) is 2. The molecule has 0 aliphatic carbocycles. The van der Waals surface area contributed by atoms with Crippen molar-refractivity contribution in [3.05, 3.63) is 86.3 Å². The third-order valence-electron chi connectivity index (χ3n) is 4.28. The molecular weight excluding hydrogens is 426 g/mol. The molecule has 9 heteroatoms. The molecule has 1 heterocycles. The highest BCUT2D eigenvalue weighted by atomic mass is 35.5. The predicted molar refractivity (Wildman–Crippen MR) is 117 cm³/mol. The zero-order chi connectivity index (χ0) is 21.7. The highest BCUT2D eigenvalue weighted by molar-refractivity contribution is 7.99. The van der Waals surface area contributed by atoms with Gasteiger partial charge in [-0.15, -0.1) is 0 Å². The highest BCUT2D eigenvalue weighted by Crippen LogP contribution is 2.20. The number of aryl methyl sites for hydroxylation is 1. The van der Waals surface area contributed by atoms with Gasteiger partial charge in [0.25, 0.3) is 5.56 Å². The second-order valence-electron chi connectivity index (χ2n) is 6.42. The fourth-order valence-corrected chi connectivity index (χ4v) is 3.63. The summed E-state index contributed by atoms with van der Waals surface area (Å²) in [5, 5.41) is 12.5. The first kappa shape index (κ1) is 21.6. The van der Waals surface area contributed by atoms with Gasteiger partial charge in [-0.1, -0.05) is 41.6 Å². The van der Waals surface area contributed by atoms with Crippen molar-refractivity contribution in [3.63, 3.8) is 0 Å². The van der Waals surface area contributed by atoms with E-state index in [1.165, 1.54) is 24.3 Å². The molecule has 0 atom stereocenters. The second kappa shape index (κ2) is 9.60. The van der Waals surface area contributed by atoms with E-state index in [1.807, 2.05) is 18.2 Å². The number of aromatic carboxylic acids is 1. The maximum Gasteiger partial charge on any atom is 0.335 e. The number of aromatic amines is 1. The van der Waals surface area contributed by atoms with Crippen molar-refractivity contribution in [3.8, 4) is 0 Å². The number of anilines is 1. The summed E-state index contributed by atoms with van der Waals surface area (Å²) in [6, 6.07) is 13.2. The summed E-state index contributed by atoms with van der Waals surface area (Å²) in [5.74, 6) is -1.30. The van der Waals surface area contributed by atoms with Gasteiger partial charge in [-0.25, -0.2) is 9.78 Å². The fraction of sp³-hybridized carbons (Fsp3) is 0.143. The Morgan fingerprint density at radius 2 is 1.87 bits per heavy atom. The largest absolute Gasteiger partial charge is 0.478 e. The van der Waals surface area contributed by atoms with E-state index in [-0.39, 0.29) is 22.8 Å². The van der Waals surface area contributed by atoms with E-state index in [1.54, 1.807) is 13.0 Å². The number of halogens is 1. The number of H-pyrrole nitrogens is 1. The molecule has 7 nitrogen and oxygen atoms in total. The molecule has 0 aliphatic heterocycles. The van der Waals surface area contributed by atoms with Crippen molar-refractivity contribution in [2.24, 2.45) is 0 Å². The average Bonchev–Trinajstić information content (AvgIpc) is 2.71. The fourth-order valence-electron chi connectivity index (χ4n) is 2.72. The molecule has 1 aromatic heterocycles. The van der Waals surface area contributed by atoms with E-state index in [2.05, 4.69) is 15.3 Å². The molecule has 0 saturated carbocycles. The summed E-state index contributed by atoms with van der Waals surface area (Å²) >= 11 is 7.28. The van der Waals surface area contributed by atoms with E-state index in [0.29, 0.717) is 33.5 Å². The third kappa shape index (κ3) is 5.49. The van der Waals surface area contributed by atoms with E-state index >= 15 is 0 Å². The van der Waals surface area contributed by atoms with Gasteiger partial charge in [-0.3, -0.25) is 9.59 Å². The van der Waals surface area contributed by atoms with Crippen LogP contribution in [0.2, 0.25) is 5.02 Å². The molecule has 0 unspecified atom stereocenters. The first-order chi connectivity index (χ1) is 14.3. The number of amides is 1. The highest BCUT2D eigenvalue weighted by Gasteiger charge is 2.12. The number of hydrogen-bond donors (Lipinski definition) is 3. The Labute approximate surface area is 181 Å². The molecule has 3 N–H and O–H groups in total. The monoisotopic (exact) mass is 443 g/mol. The number of carboxylic acid groups (broad SMARTS) is 1. The zero-order valence-corrected chi connectivity index (χ0v) is 17.5. The van der Waals surface area contributed by atoms with E-state index in [4.69, 9.17) is 16.7 Å². The van der Waals surface area contributed by atoms with Crippen LogP contribution in [0.25, 0.3) is 0 Å². The topological polar surface area (TPSA) is 112 Å². The van der Waals surface area contributed by atoms with Crippen molar-refractivity contribution in [2.45, 2.75) is 18.5 Å². The zero-order valence-electron chi connectivity index (χ0n) is 15.9. The minimum Gasteiger partial charge on any atom is -0.478 e. The number of aromatic nitrogens is 2. The Kier molecular flexibility index (Phi) is 6.91. The lowest BCUT2D eigenvalue weighted by atomic mass is 10.1. The Bertz CT molecular complexity index is 1150. The van der Waals surface area contributed by atoms with Crippen molar-refractivity contribution in [1.82, 2.24) is 9.97 Å². The number of nitrogens with zero attached hydrogens (tertiary/aromatic N) is 1. The summed E-state index contributed by atoms with van der Waals surface area (Å²) < 4.78 is 0. The number of hydrogen-bond acceptors (Lipinski definition) is 5. The van der Waals surface area contributed by atoms with Gasteiger partial charge < -0.3 is 15.4 Å². The molecule has 2 aromatic carbocycles. The number of carbonyl (C=O) groups is 2. The second-order valence-corrected chi connectivity index (χ2v) is 7.79. The molecule has 3 rings (SSSR count). The van der Waals surface area contributed by atoms with Crippen LogP contribution in [-0.4, -0.2) is 32.7 Å². The SMILES string of the molecule is Cc1nc(SCC(=O)Nc2ccc(C(=O)O)cc2)[nH]c(=O)c1Cc1ccccc1Cl. The van der Waals surface area contributed by atoms with Gasteiger partial charge in [-0.2, -0.15) is 0 Å². The van der Waals surface area contributed by atoms with Gasteiger partial charge in [0, 0.05) is 28.4 Å². The van der Waals surface area contributed by atoms with Crippen molar-refractivity contribution >= 4 is 40.9 Å². The van der Waals surface area contributed by atoms with E-state index in [0.717, 1.165) is 17.3 Å². The summed E-state index contributed by atoms with van der Waals surface area (Å²) in [5.41, 5.74) is 2.29. The van der Waals surface area contributed by atoms with Gasteiger partial charge >= 0.3 is 5.97 Å². The van der Waals surface area contributed by atoms with Crippen LogP contribution in [0.3, 0.4) is 0 Å². The van der Waals surface area contributed by atoms with Gasteiger partial charge in [0.15, 0.2) is 5.16 Å². The van der Waals surface area contributed by atoms with Crippen LogP contribution in [0.4, 0.5) is 5.69 Å². The first-order valence-corrected chi connectivity index (χ1v) is 10.3. The lowest BCUT2D eigenvalue weighted by molar-refractivity contribution is -0.113. The summed E-state index contributed by atoms with van der Waals surface area (Å²) in [7, 11) is 0. The lowest BCUT2D eigenvalue weighted by Crippen LogP contribution is -2.19. The minimum absolute atomic E-state index is 0.0346. The number of thioether (sulfide) groups is 1. The predicted octanol–water partition coefficient (Wildman–Crippen LogP) is 3.75. The number of carboxylic acids is 1. The lowest BCUT2D eigenvalue weighted by Gasteiger charge is -2.09. The smallest absolute Gasteiger partial charge is 0.335 e. The maximum atomic E-state index is 12.5. The molecule has 30 heavy (non-hydrogen) atoms. The summed E-state index contributed by atoms with van der Waals surface area (Å²) in [4.78, 5) is 42.6. The van der Waals surface area contributed by atoms with Crippen LogP contribution in [0.1, 0.15) is 27.2 Å². The van der Waals surface area contributed by atoms with Crippen LogP contribution in [0.15, 0.2) is 58.5 Å². The Hall–Kier alpha value is -3.10. The quantitative estimate of drug-likeness (QED) is 0.378. The summed E-state index contributed by atoms with van der Waals surface area (Å²) in [6.45, 7) is 1.75. The molecule has 0 spiro atoms. The summed E-state index contributed by atoms with van der Waals surface area (Å²) in [6.07, 6.45) is 0.367. The van der Waals surface area contributed by atoms with Gasteiger partial charge in [0.1, 0.15) is 0 Å². The molecule has 0 radical (unpaired) electrons. The van der Waals surface area contributed by atoms with Crippen molar-refractivity contribution in [2.75, 3.05) is 11.1 Å². The minimum atomic E-state index is -1.04.